The minimum Gasteiger partial charge on any atom is -0.507 e. The molecule has 6 nitrogen and oxygen atoms in total. The van der Waals surface area contributed by atoms with E-state index in [1.54, 1.807) is 13.0 Å². The van der Waals surface area contributed by atoms with Gasteiger partial charge in [0.1, 0.15) is 28.4 Å². The topological polar surface area (TPSA) is 97.0 Å². The van der Waals surface area contributed by atoms with Gasteiger partial charge in [-0.05, 0) is 30.7 Å². The van der Waals surface area contributed by atoms with Crippen LogP contribution in [0, 0.1) is 6.92 Å². The number of ether oxygens (including phenoxy) is 1. The van der Waals surface area contributed by atoms with Crippen molar-refractivity contribution in [3.8, 4) is 5.75 Å². The van der Waals surface area contributed by atoms with Crippen LogP contribution in [0.2, 0.25) is 0 Å². The third-order valence-corrected chi connectivity index (χ3v) is 3.74. The molecule has 3 rings (SSSR count). The molecule has 114 valence electrons. The number of esters is 1. The van der Waals surface area contributed by atoms with Gasteiger partial charge in [-0.1, -0.05) is 6.08 Å². The number of aryl methyl sites for hydroxylation is 1. The number of hydrogen-bond acceptors (Lipinski definition) is 6. The Kier molecular flexibility index (Phi) is 3.26. The molecule has 0 fully saturated rings. The van der Waals surface area contributed by atoms with E-state index < -0.39 is 23.4 Å². The van der Waals surface area contributed by atoms with E-state index in [9.17, 15) is 19.8 Å². The first kappa shape index (κ1) is 14.3. The Morgan fingerprint density at radius 1 is 1.36 bits per heavy atom. The van der Waals surface area contributed by atoms with E-state index >= 15 is 0 Å². The number of aromatic hydroxyl groups is 1. The van der Waals surface area contributed by atoms with E-state index in [1.165, 1.54) is 25.3 Å². The van der Waals surface area contributed by atoms with E-state index in [0.717, 1.165) is 5.56 Å². The standard InChI is InChI=1S/C16H14O6/c1-7-5-9(18)12-11(6-7)22-10-4-3-8(17)13(16(20)21-2)14(10)15(12)19/h3-6,8,13,17-18H,1-2H3. The molecular formula is C16H14O6. The smallest absolute Gasteiger partial charge is 0.316 e. The third-order valence-electron chi connectivity index (χ3n) is 3.74. The molecule has 1 aromatic carbocycles. The van der Waals surface area contributed by atoms with Crippen LogP contribution in [0.5, 0.6) is 5.75 Å². The zero-order chi connectivity index (χ0) is 16.0. The van der Waals surface area contributed by atoms with Crippen molar-refractivity contribution in [2.24, 2.45) is 0 Å². The van der Waals surface area contributed by atoms with Crippen LogP contribution in [-0.2, 0) is 9.53 Å². The number of rotatable bonds is 1. The lowest BCUT2D eigenvalue weighted by molar-refractivity contribution is -0.144. The molecule has 1 heterocycles. The van der Waals surface area contributed by atoms with Crippen LogP contribution in [0.1, 0.15) is 22.8 Å². The summed E-state index contributed by atoms with van der Waals surface area (Å²) in [5, 5.41) is 20.0. The van der Waals surface area contributed by atoms with Crippen LogP contribution in [0.4, 0.5) is 0 Å². The SMILES string of the molecule is COC(=O)C1c2c(oc3cc(C)cc(O)c3c2=O)C=CC1O. The lowest BCUT2D eigenvalue weighted by atomic mass is 9.87. The number of fused-ring (bicyclic) bond motifs is 2. The Morgan fingerprint density at radius 2 is 2.09 bits per heavy atom. The highest BCUT2D eigenvalue weighted by Crippen LogP contribution is 2.33. The first-order valence-electron chi connectivity index (χ1n) is 6.68. The van der Waals surface area contributed by atoms with Crippen LogP contribution < -0.4 is 5.43 Å². The largest absolute Gasteiger partial charge is 0.507 e. The zero-order valence-electron chi connectivity index (χ0n) is 12.0. The van der Waals surface area contributed by atoms with Crippen molar-refractivity contribution in [2.75, 3.05) is 7.11 Å². The average Bonchev–Trinajstić information content (AvgIpc) is 2.46. The first-order valence-corrected chi connectivity index (χ1v) is 6.68. The number of aliphatic hydroxyl groups excluding tert-OH is 1. The summed E-state index contributed by atoms with van der Waals surface area (Å²) in [5.74, 6) is -1.95. The molecule has 1 aliphatic rings. The van der Waals surface area contributed by atoms with E-state index in [-0.39, 0.29) is 28.0 Å². The van der Waals surface area contributed by atoms with Gasteiger partial charge in [-0.2, -0.15) is 0 Å². The van der Waals surface area contributed by atoms with Crippen LogP contribution in [0.3, 0.4) is 0 Å². The van der Waals surface area contributed by atoms with E-state index in [4.69, 9.17) is 4.42 Å². The van der Waals surface area contributed by atoms with Crippen molar-refractivity contribution in [1.29, 1.82) is 0 Å². The normalized spacial score (nSPS) is 20.0. The average molecular weight is 302 g/mol. The molecule has 0 saturated heterocycles. The molecule has 0 saturated carbocycles. The van der Waals surface area contributed by atoms with Gasteiger partial charge in [0, 0.05) is 0 Å². The monoisotopic (exact) mass is 302 g/mol. The quantitative estimate of drug-likeness (QED) is 0.774. The minimum atomic E-state index is -1.19. The lowest BCUT2D eigenvalue weighted by Crippen LogP contribution is -2.33. The molecule has 0 bridgehead atoms. The van der Waals surface area contributed by atoms with Crippen molar-refractivity contribution >= 4 is 23.0 Å². The maximum atomic E-state index is 12.7. The molecule has 0 amide bonds. The molecule has 0 radical (unpaired) electrons. The molecule has 6 heteroatoms. The summed E-state index contributed by atoms with van der Waals surface area (Å²) in [6, 6.07) is 3.07. The molecule has 1 aliphatic carbocycles. The van der Waals surface area contributed by atoms with Gasteiger partial charge in [0.2, 0.25) is 5.43 Å². The third kappa shape index (κ3) is 2.00. The Balaban J connectivity index is 2.39. The number of methoxy groups -OCH3 is 1. The maximum absolute atomic E-state index is 12.7. The summed E-state index contributed by atoms with van der Waals surface area (Å²) >= 11 is 0. The number of aliphatic hydroxyl groups is 1. The number of phenolic OH excluding ortho intramolecular Hbond substituents is 1. The number of phenols is 1. The van der Waals surface area contributed by atoms with Crippen LogP contribution in [0.15, 0.2) is 27.4 Å². The summed E-state index contributed by atoms with van der Waals surface area (Å²) in [5.41, 5.74) is 0.407. The molecule has 1 aromatic heterocycles. The molecule has 2 atom stereocenters. The van der Waals surface area contributed by atoms with Crippen molar-refractivity contribution in [3.63, 3.8) is 0 Å². The van der Waals surface area contributed by atoms with Gasteiger partial charge in [0.15, 0.2) is 0 Å². The number of benzene rings is 1. The molecule has 2 N–H and O–H groups in total. The summed E-state index contributed by atoms with van der Waals surface area (Å²) in [6.07, 6.45) is 1.63. The highest BCUT2D eigenvalue weighted by atomic mass is 16.5. The van der Waals surface area contributed by atoms with E-state index in [1.807, 2.05) is 0 Å². The van der Waals surface area contributed by atoms with Crippen molar-refractivity contribution in [1.82, 2.24) is 0 Å². The van der Waals surface area contributed by atoms with Crippen LogP contribution in [0.25, 0.3) is 17.0 Å². The van der Waals surface area contributed by atoms with Crippen molar-refractivity contribution in [2.45, 2.75) is 18.9 Å². The minimum absolute atomic E-state index is 0.00602. The number of hydrogen-bond donors (Lipinski definition) is 2. The molecule has 2 aromatic rings. The van der Waals surface area contributed by atoms with Gasteiger partial charge in [-0.3, -0.25) is 9.59 Å². The Labute approximate surface area is 125 Å². The predicted octanol–water partition coefficient (Wildman–Crippen LogP) is 1.45. The van der Waals surface area contributed by atoms with Gasteiger partial charge in [-0.15, -0.1) is 0 Å². The maximum Gasteiger partial charge on any atom is 0.316 e. The summed E-state index contributed by atoms with van der Waals surface area (Å²) in [4.78, 5) is 24.6. The first-order chi connectivity index (χ1) is 10.4. The van der Waals surface area contributed by atoms with Crippen molar-refractivity contribution in [3.05, 3.63) is 45.3 Å². The molecule has 0 spiro atoms. The second-order valence-electron chi connectivity index (χ2n) is 5.22. The van der Waals surface area contributed by atoms with Gasteiger partial charge in [-0.25, -0.2) is 0 Å². The fourth-order valence-corrected chi connectivity index (χ4v) is 2.73. The zero-order valence-corrected chi connectivity index (χ0v) is 12.0. The van der Waals surface area contributed by atoms with Crippen molar-refractivity contribution < 1.29 is 24.2 Å². The fraction of sp³-hybridized carbons (Fsp3) is 0.250. The highest BCUT2D eigenvalue weighted by molar-refractivity contribution is 5.89. The van der Waals surface area contributed by atoms with Gasteiger partial charge < -0.3 is 19.4 Å². The molecule has 0 aliphatic heterocycles. The number of carbonyl (C=O) groups excluding carboxylic acids is 1. The highest BCUT2D eigenvalue weighted by Gasteiger charge is 2.36. The summed E-state index contributed by atoms with van der Waals surface area (Å²) in [6.45, 7) is 1.76. The molecule has 22 heavy (non-hydrogen) atoms. The van der Waals surface area contributed by atoms with Crippen LogP contribution in [-0.4, -0.2) is 29.4 Å². The Morgan fingerprint density at radius 3 is 2.77 bits per heavy atom. The number of carbonyl (C=O) groups is 1. The van der Waals surface area contributed by atoms with Gasteiger partial charge in [0.25, 0.3) is 0 Å². The Hall–Kier alpha value is -2.60. The van der Waals surface area contributed by atoms with Gasteiger partial charge in [0.05, 0.1) is 18.8 Å². The Bertz CT molecular complexity index is 861. The van der Waals surface area contributed by atoms with Crippen LogP contribution >= 0.6 is 0 Å². The summed E-state index contributed by atoms with van der Waals surface area (Å²) in [7, 11) is 1.18. The lowest BCUT2D eigenvalue weighted by Gasteiger charge is -2.23. The molecule has 2 unspecified atom stereocenters. The molecular weight excluding hydrogens is 288 g/mol. The predicted molar refractivity (Wildman–Crippen MR) is 78.7 cm³/mol. The summed E-state index contributed by atoms with van der Waals surface area (Å²) < 4.78 is 10.3. The van der Waals surface area contributed by atoms with E-state index in [2.05, 4.69) is 4.74 Å². The second-order valence-corrected chi connectivity index (χ2v) is 5.22. The second kappa shape index (κ2) is 4.99. The van der Waals surface area contributed by atoms with E-state index in [0.29, 0.717) is 0 Å². The fourth-order valence-electron chi connectivity index (χ4n) is 2.73. The van der Waals surface area contributed by atoms with Gasteiger partial charge >= 0.3 is 5.97 Å².